The van der Waals surface area contributed by atoms with Crippen LogP contribution < -0.4 is 21.5 Å². The number of nitrogens with one attached hydrogen (secondary N) is 3. The van der Waals surface area contributed by atoms with Crippen LogP contribution in [0.4, 0.5) is 26.0 Å². The predicted molar refractivity (Wildman–Crippen MR) is 116 cm³/mol. The maximum Gasteiger partial charge on any atom is 0.279 e. The number of rotatable bonds is 6. The zero-order valence-corrected chi connectivity index (χ0v) is 17.3. The van der Waals surface area contributed by atoms with Gasteiger partial charge in [0.05, 0.1) is 24.1 Å². The van der Waals surface area contributed by atoms with Crippen molar-refractivity contribution in [2.75, 3.05) is 17.7 Å². The average Bonchev–Trinajstić information content (AvgIpc) is 3.32. The topological polar surface area (TPSA) is 118 Å². The number of hydrogen-bond donors (Lipinski definition) is 3. The lowest BCUT2D eigenvalue weighted by Crippen LogP contribution is -2.28. The van der Waals surface area contributed by atoms with E-state index in [1.54, 1.807) is 25.2 Å². The molecule has 0 bridgehead atoms. The fourth-order valence-corrected chi connectivity index (χ4v) is 3.34. The maximum atomic E-state index is 13.2. The third kappa shape index (κ3) is 3.86. The summed E-state index contributed by atoms with van der Waals surface area (Å²) in [5.41, 5.74) is 0.822. The van der Waals surface area contributed by atoms with Crippen LogP contribution in [0, 0.1) is 5.82 Å². The average molecular weight is 452 g/mol. The van der Waals surface area contributed by atoms with Crippen molar-refractivity contribution in [1.82, 2.24) is 29.5 Å². The van der Waals surface area contributed by atoms with Gasteiger partial charge in [-0.25, -0.2) is 23.3 Å². The highest BCUT2D eigenvalue weighted by molar-refractivity contribution is 5.94. The molecule has 1 saturated carbocycles. The van der Waals surface area contributed by atoms with E-state index in [0.717, 1.165) is 6.20 Å². The molecule has 10 nitrogen and oxygen atoms in total. The summed E-state index contributed by atoms with van der Waals surface area (Å²) in [5, 5.41) is 12.9. The molecule has 3 N–H and O–H groups in total. The largest absolute Gasteiger partial charge is 0.385 e. The normalized spacial score (nSPS) is 17.1. The Balaban J connectivity index is 1.51. The van der Waals surface area contributed by atoms with Crippen LogP contribution in [0.25, 0.3) is 11.5 Å². The van der Waals surface area contributed by atoms with Crippen LogP contribution in [0.1, 0.15) is 16.9 Å². The van der Waals surface area contributed by atoms with Crippen LogP contribution >= 0.6 is 0 Å². The fourth-order valence-electron chi connectivity index (χ4n) is 3.34. The van der Waals surface area contributed by atoms with Gasteiger partial charge in [-0.2, -0.15) is 0 Å². The van der Waals surface area contributed by atoms with E-state index < -0.39 is 29.5 Å². The molecule has 0 aliphatic heterocycles. The smallest absolute Gasteiger partial charge is 0.279 e. The molecule has 4 heterocycles. The number of aromatic nitrogens is 5. The zero-order valence-electron chi connectivity index (χ0n) is 17.3. The summed E-state index contributed by atoms with van der Waals surface area (Å²) >= 11 is 0. The quantitative estimate of drug-likeness (QED) is 0.410. The molecule has 2 atom stereocenters. The Morgan fingerprint density at radius 3 is 2.70 bits per heavy atom. The maximum absolute atomic E-state index is 13.2. The number of halogens is 2. The van der Waals surface area contributed by atoms with Crippen molar-refractivity contribution in [3.05, 3.63) is 70.8 Å². The van der Waals surface area contributed by atoms with Crippen molar-refractivity contribution in [1.29, 1.82) is 0 Å². The molecule has 0 radical (unpaired) electrons. The summed E-state index contributed by atoms with van der Waals surface area (Å²) in [5.74, 6) is -0.495. The second kappa shape index (κ2) is 7.97. The minimum Gasteiger partial charge on any atom is -0.385 e. The number of anilines is 3. The summed E-state index contributed by atoms with van der Waals surface area (Å²) in [4.78, 5) is 33.7. The molecule has 12 heteroatoms. The highest BCUT2D eigenvalue weighted by Gasteiger charge is 2.39. The number of carbonyl (C=O) groups is 1. The summed E-state index contributed by atoms with van der Waals surface area (Å²) in [6, 6.07) is 6.92. The Morgan fingerprint density at radius 2 is 2.00 bits per heavy atom. The Bertz CT molecular complexity index is 1420. The minimum absolute atomic E-state index is 0.130. The Morgan fingerprint density at radius 1 is 1.18 bits per heavy atom. The third-order valence-electron chi connectivity index (χ3n) is 5.17. The van der Waals surface area contributed by atoms with Crippen molar-refractivity contribution in [2.24, 2.45) is 0 Å². The summed E-state index contributed by atoms with van der Waals surface area (Å²) < 4.78 is 29.0. The molecular formula is C21H18F2N8O2. The van der Waals surface area contributed by atoms with Crippen LogP contribution in [0.3, 0.4) is 0 Å². The van der Waals surface area contributed by atoms with Crippen molar-refractivity contribution in [3.63, 3.8) is 0 Å². The van der Waals surface area contributed by atoms with E-state index in [0.29, 0.717) is 11.3 Å². The molecule has 4 aromatic rings. The number of imidazole rings is 1. The number of alkyl halides is 1. The van der Waals surface area contributed by atoms with Gasteiger partial charge in [-0.15, -0.1) is 5.10 Å². The highest BCUT2D eigenvalue weighted by Crippen LogP contribution is 2.26. The molecule has 5 rings (SSSR count). The first-order valence-electron chi connectivity index (χ1n) is 10.1. The molecule has 0 aromatic carbocycles. The molecule has 0 unspecified atom stereocenters. The molecule has 1 amide bonds. The van der Waals surface area contributed by atoms with E-state index >= 15 is 0 Å². The lowest BCUT2D eigenvalue weighted by molar-refractivity contribution is 0.0940. The highest BCUT2D eigenvalue weighted by atomic mass is 19.1. The van der Waals surface area contributed by atoms with Gasteiger partial charge < -0.3 is 16.0 Å². The fraction of sp³-hybridized carbons (Fsp3) is 0.190. The lowest BCUT2D eigenvalue weighted by atomic mass is 10.3. The Kier molecular flexibility index (Phi) is 4.96. The number of hydrogen-bond acceptors (Lipinski definition) is 7. The molecule has 1 fully saturated rings. The number of fused-ring (bicyclic) bond motifs is 1. The van der Waals surface area contributed by atoms with Gasteiger partial charge in [-0.1, -0.05) is 0 Å². The van der Waals surface area contributed by atoms with Gasteiger partial charge >= 0.3 is 0 Å². The van der Waals surface area contributed by atoms with E-state index in [2.05, 4.69) is 31.0 Å². The monoisotopic (exact) mass is 452 g/mol. The Hall–Kier alpha value is -4.35. The number of amides is 1. The predicted octanol–water partition coefficient (Wildman–Crippen LogP) is 2.04. The first kappa shape index (κ1) is 20.5. The molecule has 1 aliphatic carbocycles. The van der Waals surface area contributed by atoms with Gasteiger partial charge in [-0.3, -0.25) is 14.2 Å². The summed E-state index contributed by atoms with van der Waals surface area (Å²) in [6.45, 7) is 0. The molecule has 1 aliphatic rings. The molecule has 0 saturated heterocycles. The number of nitrogens with zero attached hydrogens (tertiary/aromatic N) is 5. The van der Waals surface area contributed by atoms with Crippen LogP contribution in [-0.2, 0) is 0 Å². The van der Waals surface area contributed by atoms with E-state index in [1.165, 1.54) is 33.6 Å². The molecule has 33 heavy (non-hydrogen) atoms. The second-order valence-electron chi connectivity index (χ2n) is 7.46. The SMILES string of the molecule is CNc1cc(Nc2cccn(-c3ccc(F)cn3)c2=O)nn2c(C(=O)N[C@@H]3C[C@@H]3F)cnc12. The standard InChI is InChI=1S/C21H18F2N8O2/c1-24-15-8-17(29-31-16(10-26-19(15)31)20(32)28-14-7-12(14)23)27-13-3-2-6-30(21(13)33)18-5-4-11(22)9-25-18/h2-6,8-10,12,14,24H,7H2,1H3,(H,27,29)(H,28,32)/t12-,14+/m0/s1. The van der Waals surface area contributed by atoms with Gasteiger partial charge in [0, 0.05) is 25.7 Å². The second-order valence-corrected chi connectivity index (χ2v) is 7.46. The van der Waals surface area contributed by atoms with Gasteiger partial charge in [0.15, 0.2) is 17.2 Å². The molecule has 0 spiro atoms. The number of pyridine rings is 2. The third-order valence-corrected chi connectivity index (χ3v) is 5.17. The van der Waals surface area contributed by atoms with Crippen LogP contribution in [0.15, 0.2) is 53.7 Å². The molecular weight excluding hydrogens is 434 g/mol. The van der Waals surface area contributed by atoms with E-state index in [-0.39, 0.29) is 29.4 Å². The van der Waals surface area contributed by atoms with E-state index in [4.69, 9.17) is 0 Å². The van der Waals surface area contributed by atoms with Crippen molar-refractivity contribution < 1.29 is 13.6 Å². The van der Waals surface area contributed by atoms with Crippen molar-refractivity contribution in [2.45, 2.75) is 18.6 Å². The zero-order chi connectivity index (χ0) is 23.1. The molecule has 168 valence electrons. The van der Waals surface area contributed by atoms with Crippen LogP contribution in [0.2, 0.25) is 0 Å². The summed E-state index contributed by atoms with van der Waals surface area (Å²) in [6.07, 6.45) is 3.13. The lowest BCUT2D eigenvalue weighted by Gasteiger charge is -2.11. The Labute approximate surface area is 185 Å². The van der Waals surface area contributed by atoms with Crippen LogP contribution in [-0.4, -0.2) is 49.3 Å². The van der Waals surface area contributed by atoms with Crippen molar-refractivity contribution >= 4 is 28.7 Å². The van der Waals surface area contributed by atoms with Crippen molar-refractivity contribution in [3.8, 4) is 5.82 Å². The first-order chi connectivity index (χ1) is 15.9. The molecule has 4 aromatic heterocycles. The van der Waals surface area contributed by atoms with E-state index in [1.807, 2.05) is 0 Å². The van der Waals surface area contributed by atoms with Gasteiger partial charge in [0.1, 0.15) is 23.5 Å². The van der Waals surface area contributed by atoms with Gasteiger partial charge in [0.2, 0.25) is 0 Å². The van der Waals surface area contributed by atoms with Crippen LogP contribution in [0.5, 0.6) is 0 Å². The van der Waals surface area contributed by atoms with Gasteiger partial charge in [-0.05, 0) is 24.3 Å². The minimum atomic E-state index is -1.04. The summed E-state index contributed by atoms with van der Waals surface area (Å²) in [7, 11) is 1.68. The van der Waals surface area contributed by atoms with Gasteiger partial charge in [0.25, 0.3) is 11.5 Å². The number of carbonyl (C=O) groups excluding carboxylic acids is 1. The van der Waals surface area contributed by atoms with E-state index in [9.17, 15) is 18.4 Å². The first-order valence-corrected chi connectivity index (χ1v) is 10.1.